The number of nitriles is 1. The van der Waals surface area contributed by atoms with Crippen molar-refractivity contribution >= 4 is 17.7 Å². The fourth-order valence-electron chi connectivity index (χ4n) is 2.14. The molecule has 0 aliphatic heterocycles. The Kier molecular flexibility index (Phi) is 5.16. The highest BCUT2D eigenvalue weighted by Crippen LogP contribution is 2.20. The first-order valence-electron chi connectivity index (χ1n) is 7.18. The van der Waals surface area contributed by atoms with Crippen molar-refractivity contribution in [3.8, 4) is 11.8 Å². The highest BCUT2D eigenvalue weighted by atomic mass is 16.5. The van der Waals surface area contributed by atoms with Crippen LogP contribution in [0.5, 0.6) is 5.75 Å². The van der Waals surface area contributed by atoms with Gasteiger partial charge in [-0.2, -0.15) is 5.26 Å². The van der Waals surface area contributed by atoms with Gasteiger partial charge in [-0.3, -0.25) is 4.79 Å². The molecule has 0 aromatic heterocycles. The number of rotatable bonds is 4. The van der Waals surface area contributed by atoms with Crippen LogP contribution >= 0.6 is 0 Å². The van der Waals surface area contributed by atoms with Gasteiger partial charge in [0.1, 0.15) is 17.4 Å². The van der Waals surface area contributed by atoms with Crippen molar-refractivity contribution in [2.24, 2.45) is 0 Å². The minimum atomic E-state index is -0.419. The minimum absolute atomic E-state index is 0.0570. The van der Waals surface area contributed by atoms with E-state index in [9.17, 15) is 10.1 Å². The summed E-state index contributed by atoms with van der Waals surface area (Å²) >= 11 is 0. The molecule has 4 heteroatoms. The van der Waals surface area contributed by atoms with E-state index in [-0.39, 0.29) is 5.57 Å². The molecule has 0 bridgehead atoms. The molecule has 0 aliphatic rings. The second kappa shape index (κ2) is 7.28. The molecule has 0 saturated carbocycles. The van der Waals surface area contributed by atoms with E-state index in [4.69, 9.17) is 4.74 Å². The van der Waals surface area contributed by atoms with Crippen LogP contribution in [-0.4, -0.2) is 13.0 Å². The minimum Gasteiger partial charge on any atom is -0.497 e. The lowest BCUT2D eigenvalue weighted by Gasteiger charge is -2.08. The summed E-state index contributed by atoms with van der Waals surface area (Å²) in [5, 5.41) is 12.1. The van der Waals surface area contributed by atoms with Crippen molar-refractivity contribution in [1.82, 2.24) is 0 Å². The van der Waals surface area contributed by atoms with Gasteiger partial charge in [0.2, 0.25) is 0 Å². The molecule has 0 fully saturated rings. The summed E-state index contributed by atoms with van der Waals surface area (Å²) in [6.45, 7) is 3.81. The van der Waals surface area contributed by atoms with Gasteiger partial charge in [-0.1, -0.05) is 24.3 Å². The van der Waals surface area contributed by atoms with Crippen LogP contribution in [0, 0.1) is 25.2 Å². The van der Waals surface area contributed by atoms with Crippen LogP contribution in [0.4, 0.5) is 5.69 Å². The lowest BCUT2D eigenvalue weighted by Crippen LogP contribution is -2.14. The zero-order valence-corrected chi connectivity index (χ0v) is 13.4. The van der Waals surface area contributed by atoms with Crippen molar-refractivity contribution in [2.45, 2.75) is 13.8 Å². The molecular formula is C19H18N2O2. The van der Waals surface area contributed by atoms with Crippen LogP contribution in [-0.2, 0) is 4.79 Å². The Morgan fingerprint density at radius 1 is 1.17 bits per heavy atom. The van der Waals surface area contributed by atoms with E-state index in [1.54, 1.807) is 25.3 Å². The molecule has 2 aromatic rings. The fraction of sp³-hybridized carbons (Fsp3) is 0.158. The number of hydrogen-bond donors (Lipinski definition) is 1. The lowest BCUT2D eigenvalue weighted by molar-refractivity contribution is -0.112. The second-order valence-corrected chi connectivity index (χ2v) is 5.16. The number of carbonyl (C=O) groups is 1. The number of carbonyl (C=O) groups excluding carboxylic acids is 1. The van der Waals surface area contributed by atoms with Gasteiger partial charge in [0.25, 0.3) is 5.91 Å². The molecule has 116 valence electrons. The first kappa shape index (κ1) is 16.3. The molecule has 4 nitrogen and oxygen atoms in total. The Bertz CT molecular complexity index is 801. The van der Waals surface area contributed by atoms with Crippen LogP contribution in [0.25, 0.3) is 6.08 Å². The standard InChI is InChI=1S/C19H18N2O2/c1-13-6-4-5-7-18(13)21-19(22)16(12-20)11-15-8-9-17(23-3)10-14(15)2/h4-11H,1-3H3,(H,21,22)/b16-11-. The molecule has 0 aliphatic carbocycles. The number of amides is 1. The Morgan fingerprint density at radius 3 is 2.52 bits per heavy atom. The average molecular weight is 306 g/mol. The van der Waals surface area contributed by atoms with E-state index in [1.807, 2.05) is 50.2 Å². The first-order chi connectivity index (χ1) is 11.0. The maximum Gasteiger partial charge on any atom is 0.266 e. The lowest BCUT2D eigenvalue weighted by atomic mass is 10.0. The molecule has 0 spiro atoms. The zero-order valence-electron chi connectivity index (χ0n) is 13.4. The van der Waals surface area contributed by atoms with Gasteiger partial charge in [0, 0.05) is 5.69 Å². The summed E-state index contributed by atoms with van der Waals surface area (Å²) in [4.78, 5) is 12.3. The number of aryl methyl sites for hydroxylation is 2. The monoisotopic (exact) mass is 306 g/mol. The third-order valence-corrected chi connectivity index (χ3v) is 3.54. The van der Waals surface area contributed by atoms with E-state index in [1.165, 1.54) is 0 Å². The van der Waals surface area contributed by atoms with Gasteiger partial charge in [-0.05, 0) is 54.8 Å². The second-order valence-electron chi connectivity index (χ2n) is 5.16. The summed E-state index contributed by atoms with van der Waals surface area (Å²) in [6, 6.07) is 14.9. The molecule has 2 rings (SSSR count). The summed E-state index contributed by atoms with van der Waals surface area (Å²) in [5.74, 6) is 0.319. The Hall–Kier alpha value is -3.06. The SMILES string of the molecule is COc1ccc(/C=C(/C#N)C(=O)Nc2ccccc2C)c(C)c1. The molecule has 0 atom stereocenters. The van der Waals surface area contributed by atoms with E-state index < -0.39 is 5.91 Å². The molecule has 0 radical (unpaired) electrons. The number of hydrogen-bond acceptors (Lipinski definition) is 3. The van der Waals surface area contributed by atoms with Gasteiger partial charge >= 0.3 is 0 Å². The first-order valence-corrected chi connectivity index (χ1v) is 7.18. The summed E-state index contributed by atoms with van der Waals surface area (Å²) in [7, 11) is 1.60. The van der Waals surface area contributed by atoms with E-state index >= 15 is 0 Å². The number of nitrogens with one attached hydrogen (secondary N) is 1. The van der Waals surface area contributed by atoms with Crippen LogP contribution < -0.4 is 10.1 Å². The van der Waals surface area contributed by atoms with Gasteiger partial charge in [-0.25, -0.2) is 0 Å². The maximum atomic E-state index is 12.3. The van der Waals surface area contributed by atoms with Gasteiger partial charge in [0.05, 0.1) is 7.11 Å². The molecule has 0 unspecified atom stereocenters. The predicted octanol–water partition coefficient (Wildman–Crippen LogP) is 3.86. The van der Waals surface area contributed by atoms with Crippen molar-refractivity contribution < 1.29 is 9.53 Å². The molecule has 1 amide bonds. The third-order valence-electron chi connectivity index (χ3n) is 3.54. The number of nitrogens with zero attached hydrogens (tertiary/aromatic N) is 1. The van der Waals surface area contributed by atoms with Crippen LogP contribution in [0.2, 0.25) is 0 Å². The zero-order chi connectivity index (χ0) is 16.8. The van der Waals surface area contributed by atoms with Crippen molar-refractivity contribution in [1.29, 1.82) is 5.26 Å². The van der Waals surface area contributed by atoms with Gasteiger partial charge < -0.3 is 10.1 Å². The molecule has 2 aromatic carbocycles. The van der Waals surface area contributed by atoms with Crippen molar-refractivity contribution in [3.05, 3.63) is 64.7 Å². The largest absolute Gasteiger partial charge is 0.497 e. The van der Waals surface area contributed by atoms with E-state index in [2.05, 4.69) is 5.32 Å². The topological polar surface area (TPSA) is 62.1 Å². The summed E-state index contributed by atoms with van der Waals surface area (Å²) in [6.07, 6.45) is 1.59. The molecule has 0 heterocycles. The summed E-state index contributed by atoms with van der Waals surface area (Å²) in [5.41, 5.74) is 3.44. The van der Waals surface area contributed by atoms with Gasteiger partial charge in [0.15, 0.2) is 0 Å². The Balaban J connectivity index is 2.27. The van der Waals surface area contributed by atoms with Crippen LogP contribution in [0.3, 0.4) is 0 Å². The van der Waals surface area contributed by atoms with Gasteiger partial charge in [-0.15, -0.1) is 0 Å². The van der Waals surface area contributed by atoms with Crippen LogP contribution in [0.15, 0.2) is 48.0 Å². The Labute approximate surface area is 136 Å². The maximum absolute atomic E-state index is 12.3. The van der Waals surface area contributed by atoms with Crippen LogP contribution in [0.1, 0.15) is 16.7 Å². The molecule has 1 N–H and O–H groups in total. The quantitative estimate of drug-likeness (QED) is 0.689. The number of ether oxygens (including phenoxy) is 1. The third kappa shape index (κ3) is 3.98. The number of anilines is 1. The Morgan fingerprint density at radius 2 is 1.91 bits per heavy atom. The highest BCUT2D eigenvalue weighted by Gasteiger charge is 2.11. The molecule has 23 heavy (non-hydrogen) atoms. The van der Waals surface area contributed by atoms with Crippen molar-refractivity contribution in [3.63, 3.8) is 0 Å². The van der Waals surface area contributed by atoms with E-state index in [0.717, 1.165) is 22.4 Å². The highest BCUT2D eigenvalue weighted by molar-refractivity contribution is 6.10. The van der Waals surface area contributed by atoms with Crippen molar-refractivity contribution in [2.75, 3.05) is 12.4 Å². The normalized spacial score (nSPS) is 10.8. The smallest absolute Gasteiger partial charge is 0.266 e. The number of methoxy groups -OCH3 is 1. The fourth-order valence-corrected chi connectivity index (χ4v) is 2.14. The molecule has 0 saturated heterocycles. The number of para-hydroxylation sites is 1. The summed E-state index contributed by atoms with van der Waals surface area (Å²) < 4.78 is 5.16. The number of benzene rings is 2. The predicted molar refractivity (Wildman–Crippen MR) is 91.1 cm³/mol. The van der Waals surface area contributed by atoms with E-state index in [0.29, 0.717) is 5.69 Å². The molecular weight excluding hydrogens is 288 g/mol. The average Bonchev–Trinajstić information content (AvgIpc) is 2.55.